The summed E-state index contributed by atoms with van der Waals surface area (Å²) >= 11 is 0. The molecule has 7 nitrogen and oxygen atoms in total. The molecule has 4 rings (SSSR count). The Balaban J connectivity index is 0.00000160. The van der Waals surface area contributed by atoms with E-state index in [0.29, 0.717) is 18.6 Å². The molecule has 162 valence electrons. The summed E-state index contributed by atoms with van der Waals surface area (Å²) in [5, 5.41) is 19.2. The van der Waals surface area contributed by atoms with Crippen LogP contribution in [0.1, 0.15) is 35.8 Å². The minimum atomic E-state index is 0. The summed E-state index contributed by atoms with van der Waals surface area (Å²) in [7, 11) is 1.70. The van der Waals surface area contributed by atoms with Gasteiger partial charge in [-0.25, -0.2) is 0 Å². The number of halogens is 2. The molecule has 0 radical (unpaired) electrons. The first-order valence-corrected chi connectivity index (χ1v) is 9.70. The molecule has 1 aliphatic rings. The lowest BCUT2D eigenvalue weighted by Crippen LogP contribution is -2.45. The SMILES string of the molecule is COc1ccc(-n2nnnc2C)cc1CN[C@@H]1CCCN[C@@H]1c1ccccc1.Cl.Cl. The van der Waals surface area contributed by atoms with E-state index >= 15 is 0 Å². The second kappa shape index (κ2) is 11.3. The molecule has 2 atom stereocenters. The molecule has 1 aromatic heterocycles. The van der Waals surface area contributed by atoms with Crippen molar-refractivity contribution < 1.29 is 4.74 Å². The molecule has 1 aliphatic heterocycles. The van der Waals surface area contributed by atoms with Crippen molar-refractivity contribution in [2.45, 2.75) is 38.4 Å². The van der Waals surface area contributed by atoms with Gasteiger partial charge in [0, 0.05) is 24.2 Å². The molecule has 0 aliphatic carbocycles. The highest BCUT2D eigenvalue weighted by Crippen LogP contribution is 2.26. The highest BCUT2D eigenvalue weighted by Gasteiger charge is 2.25. The number of benzene rings is 2. The average Bonchev–Trinajstić information content (AvgIpc) is 3.18. The van der Waals surface area contributed by atoms with Crippen molar-refractivity contribution in [1.82, 2.24) is 30.8 Å². The zero-order valence-corrected chi connectivity index (χ0v) is 18.7. The lowest BCUT2D eigenvalue weighted by atomic mass is 9.92. The Hall–Kier alpha value is -2.19. The molecule has 9 heteroatoms. The van der Waals surface area contributed by atoms with Gasteiger partial charge in [0.1, 0.15) is 5.75 Å². The van der Waals surface area contributed by atoms with Gasteiger partial charge in [0.15, 0.2) is 5.82 Å². The molecule has 1 saturated heterocycles. The minimum absolute atomic E-state index is 0. The molecule has 0 unspecified atom stereocenters. The summed E-state index contributed by atoms with van der Waals surface area (Å²) < 4.78 is 7.32. The first kappa shape index (κ1) is 24.1. The van der Waals surface area contributed by atoms with Crippen LogP contribution in [0.4, 0.5) is 0 Å². The topological polar surface area (TPSA) is 76.9 Å². The zero-order valence-electron chi connectivity index (χ0n) is 17.1. The normalized spacial score (nSPS) is 18.2. The number of nitrogens with one attached hydrogen (secondary N) is 2. The van der Waals surface area contributed by atoms with Crippen molar-refractivity contribution in [2.24, 2.45) is 0 Å². The number of methoxy groups -OCH3 is 1. The van der Waals surface area contributed by atoms with Crippen molar-refractivity contribution in [3.63, 3.8) is 0 Å². The Morgan fingerprint density at radius 1 is 1.17 bits per heavy atom. The van der Waals surface area contributed by atoms with Gasteiger partial charge in [-0.05, 0) is 60.5 Å². The molecule has 30 heavy (non-hydrogen) atoms. The third-order valence-electron chi connectivity index (χ3n) is 5.31. The predicted molar refractivity (Wildman–Crippen MR) is 122 cm³/mol. The summed E-state index contributed by atoms with van der Waals surface area (Å²) in [6.07, 6.45) is 2.31. The Labute approximate surface area is 189 Å². The van der Waals surface area contributed by atoms with E-state index in [1.54, 1.807) is 11.8 Å². The van der Waals surface area contributed by atoms with Crippen LogP contribution in [-0.2, 0) is 6.54 Å². The van der Waals surface area contributed by atoms with E-state index in [9.17, 15) is 0 Å². The predicted octanol–water partition coefficient (Wildman–Crippen LogP) is 3.41. The molecule has 0 spiro atoms. The number of hydrogen-bond acceptors (Lipinski definition) is 6. The average molecular weight is 451 g/mol. The Bertz CT molecular complexity index is 921. The van der Waals surface area contributed by atoms with Crippen LogP contribution in [0.25, 0.3) is 5.69 Å². The van der Waals surface area contributed by atoms with E-state index in [2.05, 4.69) is 62.6 Å². The lowest BCUT2D eigenvalue weighted by molar-refractivity contribution is 0.303. The van der Waals surface area contributed by atoms with Crippen LogP contribution in [-0.4, -0.2) is 39.9 Å². The van der Waals surface area contributed by atoms with E-state index in [4.69, 9.17) is 4.74 Å². The van der Waals surface area contributed by atoms with E-state index in [1.165, 1.54) is 12.0 Å². The monoisotopic (exact) mass is 450 g/mol. The van der Waals surface area contributed by atoms with Gasteiger partial charge in [0.25, 0.3) is 0 Å². The van der Waals surface area contributed by atoms with Crippen molar-refractivity contribution in [1.29, 1.82) is 0 Å². The van der Waals surface area contributed by atoms with Crippen LogP contribution in [0, 0.1) is 6.92 Å². The van der Waals surface area contributed by atoms with E-state index in [0.717, 1.165) is 35.8 Å². The highest BCUT2D eigenvalue weighted by molar-refractivity contribution is 5.85. The first-order valence-electron chi connectivity index (χ1n) is 9.70. The molecule has 2 heterocycles. The fourth-order valence-electron chi connectivity index (χ4n) is 3.87. The van der Waals surface area contributed by atoms with E-state index < -0.39 is 0 Å². The van der Waals surface area contributed by atoms with E-state index in [1.807, 2.05) is 19.1 Å². The standard InChI is InChI=1S/C21H26N6O.2ClH/c1-15-24-25-26-27(15)18-10-11-20(28-2)17(13-18)14-23-19-9-6-12-22-21(19)16-7-4-3-5-8-16;;/h3-5,7-8,10-11,13,19,21-23H,6,9,12,14H2,1-2H3;2*1H/t19-,21-;;/m1../s1. The molecule has 3 aromatic rings. The third kappa shape index (κ3) is 5.29. The minimum Gasteiger partial charge on any atom is -0.496 e. The van der Waals surface area contributed by atoms with E-state index in [-0.39, 0.29) is 24.8 Å². The number of aromatic nitrogens is 4. The van der Waals surface area contributed by atoms with Crippen LogP contribution in [0.2, 0.25) is 0 Å². The molecule has 2 N–H and O–H groups in total. The van der Waals surface area contributed by atoms with Crippen molar-refractivity contribution >= 4 is 24.8 Å². The molecule has 0 amide bonds. The molecular formula is C21H28Cl2N6O. The Morgan fingerprint density at radius 3 is 2.67 bits per heavy atom. The van der Waals surface area contributed by atoms with Crippen LogP contribution in [0.15, 0.2) is 48.5 Å². The lowest BCUT2D eigenvalue weighted by Gasteiger charge is -2.34. The quantitative estimate of drug-likeness (QED) is 0.598. The van der Waals surface area contributed by atoms with Crippen LogP contribution >= 0.6 is 24.8 Å². The Morgan fingerprint density at radius 2 is 1.97 bits per heavy atom. The number of hydrogen-bond donors (Lipinski definition) is 2. The molecular weight excluding hydrogens is 423 g/mol. The fourth-order valence-corrected chi connectivity index (χ4v) is 3.87. The Kier molecular flexibility index (Phi) is 9.05. The van der Waals surface area contributed by atoms with Gasteiger partial charge in [-0.3, -0.25) is 0 Å². The van der Waals surface area contributed by atoms with Gasteiger partial charge in [-0.2, -0.15) is 4.68 Å². The number of nitrogens with zero attached hydrogens (tertiary/aromatic N) is 4. The largest absolute Gasteiger partial charge is 0.496 e. The number of tetrazole rings is 1. The van der Waals surface area contributed by atoms with Gasteiger partial charge in [0.2, 0.25) is 0 Å². The molecule has 1 fully saturated rings. The van der Waals surface area contributed by atoms with Gasteiger partial charge in [-0.15, -0.1) is 29.9 Å². The number of rotatable bonds is 6. The summed E-state index contributed by atoms with van der Waals surface area (Å²) in [4.78, 5) is 0. The number of ether oxygens (including phenoxy) is 1. The highest BCUT2D eigenvalue weighted by atomic mass is 35.5. The molecule has 0 saturated carbocycles. The maximum absolute atomic E-state index is 5.58. The van der Waals surface area contributed by atoms with Gasteiger partial charge < -0.3 is 15.4 Å². The zero-order chi connectivity index (χ0) is 19.3. The van der Waals surface area contributed by atoms with Crippen LogP contribution in [0.5, 0.6) is 5.75 Å². The second-order valence-electron chi connectivity index (χ2n) is 7.11. The van der Waals surface area contributed by atoms with Crippen molar-refractivity contribution in [3.8, 4) is 11.4 Å². The fraction of sp³-hybridized carbons (Fsp3) is 0.381. The summed E-state index contributed by atoms with van der Waals surface area (Å²) in [5.74, 6) is 1.62. The number of piperidine rings is 1. The third-order valence-corrected chi connectivity index (χ3v) is 5.31. The second-order valence-corrected chi connectivity index (χ2v) is 7.11. The molecule has 2 aromatic carbocycles. The summed E-state index contributed by atoms with van der Waals surface area (Å²) in [6, 6.07) is 17.4. The van der Waals surface area contributed by atoms with Gasteiger partial charge >= 0.3 is 0 Å². The van der Waals surface area contributed by atoms with Crippen molar-refractivity contribution in [3.05, 3.63) is 65.5 Å². The maximum Gasteiger partial charge on any atom is 0.153 e. The molecule has 0 bridgehead atoms. The summed E-state index contributed by atoms with van der Waals surface area (Å²) in [5.41, 5.74) is 3.35. The smallest absolute Gasteiger partial charge is 0.153 e. The van der Waals surface area contributed by atoms with Crippen LogP contribution in [0.3, 0.4) is 0 Å². The maximum atomic E-state index is 5.58. The summed E-state index contributed by atoms with van der Waals surface area (Å²) in [6.45, 7) is 3.66. The van der Waals surface area contributed by atoms with Crippen LogP contribution < -0.4 is 15.4 Å². The number of aryl methyl sites for hydroxylation is 1. The van der Waals surface area contributed by atoms with Gasteiger partial charge in [0.05, 0.1) is 12.8 Å². The first-order chi connectivity index (χ1) is 13.8. The van der Waals surface area contributed by atoms with Gasteiger partial charge in [-0.1, -0.05) is 30.3 Å². The van der Waals surface area contributed by atoms with Crippen molar-refractivity contribution in [2.75, 3.05) is 13.7 Å².